The second-order valence-corrected chi connectivity index (χ2v) is 8.36. The third kappa shape index (κ3) is 5.90. The zero-order chi connectivity index (χ0) is 24.8. The number of aromatic nitrogens is 3. The van der Waals surface area contributed by atoms with Crippen molar-refractivity contribution in [3.8, 4) is 5.75 Å². The fourth-order valence-electron chi connectivity index (χ4n) is 3.09. The Bertz CT molecular complexity index is 1210. The first-order valence-electron chi connectivity index (χ1n) is 10.2. The number of rotatable bonds is 9. The highest BCUT2D eigenvalue weighted by Crippen LogP contribution is 2.23. The summed E-state index contributed by atoms with van der Waals surface area (Å²) in [5.74, 6) is 0.613. The number of hydrogen-bond donors (Lipinski definition) is 2. The van der Waals surface area contributed by atoms with Gasteiger partial charge in [-0.15, -0.1) is 10.2 Å². The van der Waals surface area contributed by atoms with Crippen molar-refractivity contribution in [1.82, 2.24) is 20.1 Å². The minimum absolute atomic E-state index is 0.0285. The Labute approximate surface area is 200 Å². The van der Waals surface area contributed by atoms with Gasteiger partial charge < -0.3 is 19.9 Å². The molecule has 0 saturated heterocycles. The molecule has 2 aromatic carbocycles. The van der Waals surface area contributed by atoms with Gasteiger partial charge in [0.1, 0.15) is 5.75 Å². The zero-order valence-electron chi connectivity index (χ0n) is 19.1. The predicted octanol–water partition coefficient (Wildman–Crippen LogP) is 3.26. The number of anilines is 1. The van der Waals surface area contributed by atoms with Gasteiger partial charge in [-0.2, -0.15) is 0 Å². The van der Waals surface area contributed by atoms with E-state index in [4.69, 9.17) is 4.74 Å². The topological polar surface area (TPSA) is 141 Å². The standard InChI is InChI=1S/C22H24N6O5S/c1-13-5-8-16(28(31)32)11-18(13)24-19(29)12-34-22-26-25-20(27(22)3)14(2)23-21(30)15-6-9-17(33-4)10-7-15/h5-11,14H,12H2,1-4H3,(H,23,30)(H,24,29)/t14-/m1/s1. The highest BCUT2D eigenvalue weighted by molar-refractivity contribution is 7.99. The van der Waals surface area contributed by atoms with Crippen LogP contribution in [-0.2, 0) is 11.8 Å². The molecule has 0 aliphatic heterocycles. The molecule has 0 fully saturated rings. The van der Waals surface area contributed by atoms with Crippen LogP contribution in [0.25, 0.3) is 0 Å². The van der Waals surface area contributed by atoms with Crippen molar-refractivity contribution < 1.29 is 19.2 Å². The van der Waals surface area contributed by atoms with E-state index in [2.05, 4.69) is 20.8 Å². The van der Waals surface area contributed by atoms with E-state index in [9.17, 15) is 19.7 Å². The first-order chi connectivity index (χ1) is 16.2. The molecule has 1 heterocycles. The second kappa shape index (κ2) is 10.8. The number of hydrogen-bond acceptors (Lipinski definition) is 8. The highest BCUT2D eigenvalue weighted by Gasteiger charge is 2.19. The largest absolute Gasteiger partial charge is 0.497 e. The van der Waals surface area contributed by atoms with E-state index >= 15 is 0 Å². The Morgan fingerprint density at radius 3 is 2.56 bits per heavy atom. The van der Waals surface area contributed by atoms with E-state index in [-0.39, 0.29) is 23.3 Å². The lowest BCUT2D eigenvalue weighted by Gasteiger charge is -2.14. The van der Waals surface area contributed by atoms with Crippen molar-refractivity contribution >= 4 is 35.0 Å². The van der Waals surface area contributed by atoms with Crippen LogP contribution in [0.5, 0.6) is 5.75 Å². The Balaban J connectivity index is 1.59. The Hall–Kier alpha value is -3.93. The monoisotopic (exact) mass is 484 g/mol. The number of benzene rings is 2. The quantitative estimate of drug-likeness (QED) is 0.268. The van der Waals surface area contributed by atoms with Crippen LogP contribution >= 0.6 is 11.8 Å². The highest BCUT2D eigenvalue weighted by atomic mass is 32.2. The van der Waals surface area contributed by atoms with Gasteiger partial charge in [0.15, 0.2) is 11.0 Å². The molecule has 34 heavy (non-hydrogen) atoms. The maximum atomic E-state index is 12.5. The average Bonchev–Trinajstić information content (AvgIpc) is 3.19. The Kier molecular flexibility index (Phi) is 7.84. The number of amides is 2. The van der Waals surface area contributed by atoms with Gasteiger partial charge in [0.25, 0.3) is 11.6 Å². The number of thioether (sulfide) groups is 1. The molecule has 1 atom stereocenters. The second-order valence-electron chi connectivity index (χ2n) is 7.42. The summed E-state index contributed by atoms with van der Waals surface area (Å²) in [6.45, 7) is 3.54. The van der Waals surface area contributed by atoms with Crippen molar-refractivity contribution in [3.63, 3.8) is 0 Å². The molecule has 178 valence electrons. The summed E-state index contributed by atoms with van der Waals surface area (Å²) >= 11 is 1.17. The fourth-order valence-corrected chi connectivity index (χ4v) is 3.81. The first-order valence-corrected chi connectivity index (χ1v) is 11.2. The maximum absolute atomic E-state index is 12.5. The lowest BCUT2D eigenvalue weighted by Crippen LogP contribution is -2.28. The van der Waals surface area contributed by atoms with Crippen LogP contribution in [-0.4, -0.2) is 44.4 Å². The lowest BCUT2D eigenvalue weighted by atomic mass is 10.2. The van der Waals surface area contributed by atoms with Gasteiger partial charge in [0.2, 0.25) is 5.91 Å². The summed E-state index contributed by atoms with van der Waals surface area (Å²) in [4.78, 5) is 35.4. The van der Waals surface area contributed by atoms with Crippen LogP contribution in [0, 0.1) is 17.0 Å². The number of ether oxygens (including phenoxy) is 1. The molecule has 0 saturated carbocycles. The summed E-state index contributed by atoms with van der Waals surface area (Å²) in [5.41, 5.74) is 1.48. The number of non-ortho nitro benzene ring substituents is 1. The lowest BCUT2D eigenvalue weighted by molar-refractivity contribution is -0.384. The molecule has 0 aliphatic rings. The average molecular weight is 485 g/mol. The Morgan fingerprint density at radius 2 is 1.91 bits per heavy atom. The number of nitro groups is 1. The number of nitrogens with one attached hydrogen (secondary N) is 2. The molecule has 12 heteroatoms. The SMILES string of the molecule is COc1ccc(C(=O)N[C@H](C)c2nnc(SCC(=O)Nc3cc([N+](=O)[O-])ccc3C)n2C)cc1. The minimum atomic E-state index is -0.514. The van der Waals surface area contributed by atoms with E-state index in [0.717, 1.165) is 0 Å². The summed E-state index contributed by atoms with van der Waals surface area (Å²) < 4.78 is 6.80. The smallest absolute Gasteiger partial charge is 0.271 e. The van der Waals surface area contributed by atoms with Gasteiger partial charge >= 0.3 is 0 Å². The van der Waals surface area contributed by atoms with Crippen LogP contribution in [0.3, 0.4) is 0 Å². The van der Waals surface area contributed by atoms with E-state index in [1.165, 1.54) is 23.9 Å². The molecule has 0 bridgehead atoms. The number of methoxy groups -OCH3 is 1. The number of carbonyl (C=O) groups excluding carboxylic acids is 2. The zero-order valence-corrected chi connectivity index (χ0v) is 19.9. The van der Waals surface area contributed by atoms with Gasteiger partial charge in [-0.3, -0.25) is 19.7 Å². The number of nitro benzene ring substituents is 1. The predicted molar refractivity (Wildman–Crippen MR) is 127 cm³/mol. The molecule has 0 spiro atoms. The molecule has 0 radical (unpaired) electrons. The molecule has 3 aromatic rings. The van der Waals surface area contributed by atoms with E-state index in [1.54, 1.807) is 62.9 Å². The van der Waals surface area contributed by atoms with Gasteiger partial charge in [-0.05, 0) is 43.7 Å². The molecular weight excluding hydrogens is 460 g/mol. The minimum Gasteiger partial charge on any atom is -0.497 e. The summed E-state index contributed by atoms with van der Waals surface area (Å²) in [7, 11) is 3.30. The number of nitrogens with zero attached hydrogens (tertiary/aromatic N) is 4. The molecule has 2 N–H and O–H groups in total. The number of aryl methyl sites for hydroxylation is 1. The van der Waals surface area contributed by atoms with Crippen molar-refractivity contribution in [2.45, 2.75) is 25.0 Å². The first kappa shape index (κ1) is 24.7. The van der Waals surface area contributed by atoms with Crippen molar-refractivity contribution in [1.29, 1.82) is 0 Å². The van der Waals surface area contributed by atoms with Crippen LogP contribution in [0.1, 0.15) is 34.7 Å². The normalized spacial score (nSPS) is 11.5. The third-order valence-electron chi connectivity index (χ3n) is 4.99. The van der Waals surface area contributed by atoms with Crippen LogP contribution in [0.2, 0.25) is 0 Å². The summed E-state index contributed by atoms with van der Waals surface area (Å²) in [5, 5.41) is 25.3. The summed E-state index contributed by atoms with van der Waals surface area (Å²) in [6.07, 6.45) is 0. The maximum Gasteiger partial charge on any atom is 0.271 e. The van der Waals surface area contributed by atoms with Crippen molar-refractivity contribution in [2.24, 2.45) is 7.05 Å². The molecular formula is C22H24N6O5S. The molecule has 3 rings (SSSR count). The van der Waals surface area contributed by atoms with Gasteiger partial charge in [0.05, 0.1) is 29.5 Å². The van der Waals surface area contributed by atoms with Crippen LogP contribution in [0.4, 0.5) is 11.4 Å². The van der Waals surface area contributed by atoms with Crippen molar-refractivity contribution in [3.05, 3.63) is 69.5 Å². The van der Waals surface area contributed by atoms with E-state index in [1.807, 2.05) is 0 Å². The molecule has 1 aromatic heterocycles. The van der Waals surface area contributed by atoms with E-state index < -0.39 is 11.0 Å². The van der Waals surface area contributed by atoms with Crippen molar-refractivity contribution in [2.75, 3.05) is 18.2 Å². The van der Waals surface area contributed by atoms with Gasteiger partial charge in [0, 0.05) is 24.7 Å². The van der Waals surface area contributed by atoms with Crippen LogP contribution in [0.15, 0.2) is 47.6 Å². The Morgan fingerprint density at radius 1 is 1.21 bits per heavy atom. The molecule has 0 aliphatic carbocycles. The van der Waals surface area contributed by atoms with Gasteiger partial charge in [-0.25, -0.2) is 0 Å². The van der Waals surface area contributed by atoms with E-state index in [0.29, 0.717) is 33.5 Å². The van der Waals surface area contributed by atoms with Crippen LogP contribution < -0.4 is 15.4 Å². The summed E-state index contributed by atoms with van der Waals surface area (Å²) in [6, 6.07) is 10.6. The molecule has 11 nitrogen and oxygen atoms in total. The van der Waals surface area contributed by atoms with Gasteiger partial charge in [-0.1, -0.05) is 17.8 Å². The number of carbonyl (C=O) groups is 2. The fraction of sp³-hybridized carbons (Fsp3) is 0.273. The molecule has 2 amide bonds. The molecule has 0 unspecified atom stereocenters. The third-order valence-corrected chi connectivity index (χ3v) is 6.01.